The molecule has 0 bridgehead atoms. The molecule has 2 N–H and O–H groups in total. The number of hydrogen-bond acceptors (Lipinski definition) is 7. The first-order valence-corrected chi connectivity index (χ1v) is 10.9. The lowest BCUT2D eigenvalue weighted by Gasteiger charge is -2.18. The highest BCUT2D eigenvalue weighted by atomic mass is 35.5. The van der Waals surface area contributed by atoms with Crippen LogP contribution in [0, 0.1) is 18.3 Å². The maximum atomic E-state index is 12.7. The molecule has 1 aliphatic heterocycles. The summed E-state index contributed by atoms with van der Waals surface area (Å²) in [5.74, 6) is -2.18. The summed E-state index contributed by atoms with van der Waals surface area (Å²) in [6.45, 7) is 1.46. The lowest BCUT2D eigenvalue weighted by atomic mass is 10.0. The van der Waals surface area contributed by atoms with Gasteiger partial charge in [-0.1, -0.05) is 11.6 Å². The van der Waals surface area contributed by atoms with E-state index in [1.165, 1.54) is 31.3 Å². The Labute approximate surface area is 176 Å². The van der Waals surface area contributed by atoms with Crippen LogP contribution in [0.4, 0.5) is 5.69 Å². The smallest absolute Gasteiger partial charge is 0.337 e. The Balaban J connectivity index is 2.14. The second kappa shape index (κ2) is 7.93. The molecule has 0 aliphatic carbocycles. The molecule has 3 rings (SSSR count). The number of hydrogen-bond donors (Lipinski definition) is 2. The number of carbonyl (C=O) groups is 1. The Morgan fingerprint density at radius 2 is 2.13 bits per heavy atom. The van der Waals surface area contributed by atoms with Crippen molar-refractivity contribution < 1.29 is 23.4 Å². The van der Waals surface area contributed by atoms with Gasteiger partial charge in [0.1, 0.15) is 11.6 Å². The van der Waals surface area contributed by atoms with E-state index >= 15 is 0 Å². The fourth-order valence-corrected chi connectivity index (χ4v) is 5.21. The summed E-state index contributed by atoms with van der Waals surface area (Å²) in [6, 6.07) is 5.05. The molecule has 1 aliphatic rings. The largest absolute Gasteiger partial charge is 0.494 e. The molecule has 1 fully saturated rings. The molecule has 9 nitrogen and oxygen atoms in total. The van der Waals surface area contributed by atoms with E-state index in [2.05, 4.69) is 4.99 Å². The number of aliphatic imine (C=N–C) groups is 1. The lowest BCUT2D eigenvalue weighted by molar-refractivity contribution is 0.0697. The summed E-state index contributed by atoms with van der Waals surface area (Å²) in [4.78, 5) is 28.0. The van der Waals surface area contributed by atoms with Crippen molar-refractivity contribution in [3.05, 3.63) is 55.8 Å². The van der Waals surface area contributed by atoms with Gasteiger partial charge in [0.15, 0.2) is 9.84 Å². The van der Waals surface area contributed by atoms with E-state index in [1.54, 1.807) is 6.07 Å². The average Bonchev–Trinajstić information content (AvgIpc) is 3.02. The number of aromatic hydroxyl groups is 1. The molecule has 0 spiro atoms. The Hall–Kier alpha value is -3.16. The molecule has 30 heavy (non-hydrogen) atoms. The Kier molecular flexibility index (Phi) is 5.70. The second-order valence-corrected chi connectivity index (χ2v) is 9.44. The van der Waals surface area contributed by atoms with E-state index in [1.807, 2.05) is 0 Å². The first-order chi connectivity index (χ1) is 14.1. The first kappa shape index (κ1) is 21.5. The summed E-state index contributed by atoms with van der Waals surface area (Å²) >= 11 is 5.84. The molecule has 0 amide bonds. The number of aromatic carboxylic acids is 1. The molecule has 0 radical (unpaired) electrons. The van der Waals surface area contributed by atoms with E-state index in [-0.39, 0.29) is 50.9 Å². The minimum Gasteiger partial charge on any atom is -0.494 e. The zero-order chi connectivity index (χ0) is 22.2. The lowest BCUT2D eigenvalue weighted by Crippen LogP contribution is -2.29. The van der Waals surface area contributed by atoms with Gasteiger partial charge in [0.25, 0.3) is 5.56 Å². The van der Waals surface area contributed by atoms with E-state index in [4.69, 9.17) is 16.7 Å². The van der Waals surface area contributed by atoms with Gasteiger partial charge in [-0.3, -0.25) is 14.4 Å². The maximum absolute atomic E-state index is 12.7. The van der Waals surface area contributed by atoms with Crippen LogP contribution >= 0.6 is 11.6 Å². The highest BCUT2D eigenvalue weighted by Gasteiger charge is 2.33. The number of nitriles is 1. The van der Waals surface area contributed by atoms with Gasteiger partial charge in [-0.25, -0.2) is 13.2 Å². The van der Waals surface area contributed by atoms with E-state index < -0.39 is 33.3 Å². The number of rotatable bonds is 4. The van der Waals surface area contributed by atoms with Gasteiger partial charge < -0.3 is 10.2 Å². The molecule has 2 aromatic rings. The van der Waals surface area contributed by atoms with Crippen molar-refractivity contribution in [2.45, 2.75) is 19.4 Å². The number of sulfone groups is 1. The molecular formula is C19H16ClN3O6S. The predicted octanol–water partition coefficient (Wildman–Crippen LogP) is 2.20. The van der Waals surface area contributed by atoms with Crippen molar-refractivity contribution in [1.82, 2.24) is 4.57 Å². The van der Waals surface area contributed by atoms with Crippen LogP contribution in [-0.4, -0.2) is 46.9 Å². The van der Waals surface area contributed by atoms with Crippen LogP contribution in [-0.2, 0) is 9.84 Å². The molecule has 11 heteroatoms. The third-order valence-electron chi connectivity index (χ3n) is 4.89. The SMILES string of the molecule is Cc1c(C=Nc2ccc(Cl)c(C(=O)O)c2)c(O)n(C2CCS(=O)(=O)C2)c(=O)c1C#N. The van der Waals surface area contributed by atoms with Crippen molar-refractivity contribution in [2.24, 2.45) is 4.99 Å². The number of benzene rings is 1. The van der Waals surface area contributed by atoms with Gasteiger partial charge in [0, 0.05) is 6.21 Å². The number of aromatic nitrogens is 1. The Morgan fingerprint density at radius 1 is 1.43 bits per heavy atom. The molecule has 2 heterocycles. The summed E-state index contributed by atoms with van der Waals surface area (Å²) in [6.07, 6.45) is 1.33. The van der Waals surface area contributed by atoms with Gasteiger partial charge in [0.05, 0.1) is 39.4 Å². The Morgan fingerprint density at radius 3 is 2.70 bits per heavy atom. The molecule has 1 aromatic heterocycles. The topological polar surface area (TPSA) is 150 Å². The molecule has 156 valence electrons. The monoisotopic (exact) mass is 449 g/mol. The number of halogens is 1. The quantitative estimate of drug-likeness (QED) is 0.679. The van der Waals surface area contributed by atoms with Gasteiger partial charge in [-0.05, 0) is 37.1 Å². The third kappa shape index (κ3) is 3.94. The Bertz CT molecular complexity index is 1290. The maximum Gasteiger partial charge on any atom is 0.337 e. The highest BCUT2D eigenvalue weighted by molar-refractivity contribution is 7.91. The minimum absolute atomic E-state index is 0.0308. The molecule has 1 saturated heterocycles. The zero-order valence-electron chi connectivity index (χ0n) is 15.7. The zero-order valence-corrected chi connectivity index (χ0v) is 17.2. The standard InChI is InChI=1S/C19H16ClN3O6S/c1-10-14(7-21)17(24)23(12-4-5-30(28,29)9-12)18(25)15(10)8-22-11-2-3-16(20)13(6-11)19(26)27/h2-3,6,8,12,25H,4-5,9H2,1H3,(H,26,27). The van der Waals surface area contributed by atoms with Crippen LogP contribution in [0.3, 0.4) is 0 Å². The van der Waals surface area contributed by atoms with Crippen LogP contribution in [0.1, 0.15) is 39.5 Å². The third-order valence-corrected chi connectivity index (χ3v) is 6.97. The van der Waals surface area contributed by atoms with Crippen molar-refractivity contribution in [2.75, 3.05) is 11.5 Å². The fourth-order valence-electron chi connectivity index (χ4n) is 3.31. The van der Waals surface area contributed by atoms with E-state index in [0.717, 1.165) is 4.57 Å². The summed E-state index contributed by atoms with van der Waals surface area (Å²) in [7, 11) is -3.35. The number of nitrogens with zero attached hydrogens (tertiary/aromatic N) is 3. The van der Waals surface area contributed by atoms with E-state index in [9.17, 15) is 28.4 Å². The van der Waals surface area contributed by atoms with Crippen LogP contribution in [0.15, 0.2) is 28.0 Å². The summed E-state index contributed by atoms with van der Waals surface area (Å²) < 4.78 is 24.6. The van der Waals surface area contributed by atoms with Gasteiger partial charge in [-0.15, -0.1) is 0 Å². The predicted molar refractivity (Wildman–Crippen MR) is 110 cm³/mol. The molecule has 1 unspecified atom stereocenters. The first-order valence-electron chi connectivity index (χ1n) is 8.71. The average molecular weight is 450 g/mol. The highest BCUT2D eigenvalue weighted by Crippen LogP contribution is 2.30. The minimum atomic E-state index is -3.35. The number of carboxylic acid groups (broad SMARTS) is 1. The van der Waals surface area contributed by atoms with Crippen LogP contribution < -0.4 is 5.56 Å². The van der Waals surface area contributed by atoms with Crippen molar-refractivity contribution in [3.63, 3.8) is 0 Å². The van der Waals surface area contributed by atoms with Gasteiger partial charge >= 0.3 is 5.97 Å². The summed E-state index contributed by atoms with van der Waals surface area (Å²) in [5.41, 5.74) is -0.718. The van der Waals surface area contributed by atoms with Gasteiger partial charge in [0.2, 0.25) is 5.88 Å². The van der Waals surface area contributed by atoms with Gasteiger partial charge in [-0.2, -0.15) is 5.26 Å². The van der Waals surface area contributed by atoms with Crippen molar-refractivity contribution in [1.29, 1.82) is 5.26 Å². The number of carboxylic acids is 1. The van der Waals surface area contributed by atoms with E-state index in [0.29, 0.717) is 0 Å². The molecule has 1 aromatic carbocycles. The second-order valence-electron chi connectivity index (χ2n) is 6.81. The van der Waals surface area contributed by atoms with Crippen LogP contribution in [0.2, 0.25) is 5.02 Å². The molecule has 1 atom stereocenters. The van der Waals surface area contributed by atoms with Crippen molar-refractivity contribution >= 4 is 39.3 Å². The number of pyridine rings is 1. The fraction of sp³-hybridized carbons (Fsp3) is 0.263. The van der Waals surface area contributed by atoms with Crippen LogP contribution in [0.25, 0.3) is 0 Å². The normalized spacial score (nSPS) is 17.8. The van der Waals surface area contributed by atoms with Crippen LogP contribution in [0.5, 0.6) is 5.88 Å². The molecule has 0 saturated carbocycles. The van der Waals surface area contributed by atoms with Crippen molar-refractivity contribution in [3.8, 4) is 11.9 Å². The molecular weight excluding hydrogens is 434 g/mol. The summed E-state index contributed by atoms with van der Waals surface area (Å²) in [5, 5.41) is 29.3.